The van der Waals surface area contributed by atoms with E-state index in [9.17, 15) is 5.11 Å². The Labute approximate surface area is 115 Å². The number of hydrogen-bond acceptors (Lipinski definition) is 4. The summed E-state index contributed by atoms with van der Waals surface area (Å²) in [4.78, 5) is 2.44. The number of phenolic OH excluding ortho intramolecular Hbond substituents is 1. The van der Waals surface area contributed by atoms with Crippen molar-refractivity contribution in [3.05, 3.63) is 23.8 Å². The van der Waals surface area contributed by atoms with E-state index < -0.39 is 0 Å². The molecule has 1 aromatic carbocycles. The zero-order valence-electron chi connectivity index (χ0n) is 11.6. The van der Waals surface area contributed by atoms with Crippen molar-refractivity contribution < 1.29 is 9.84 Å². The van der Waals surface area contributed by atoms with E-state index in [4.69, 9.17) is 10.5 Å². The maximum atomic E-state index is 9.76. The van der Waals surface area contributed by atoms with Crippen molar-refractivity contribution in [2.75, 3.05) is 26.2 Å². The lowest BCUT2D eigenvalue weighted by Gasteiger charge is -2.34. The van der Waals surface area contributed by atoms with Crippen LogP contribution in [0, 0.1) is 0 Å². The van der Waals surface area contributed by atoms with Crippen LogP contribution in [0.25, 0.3) is 0 Å². The molecule has 4 nitrogen and oxygen atoms in total. The van der Waals surface area contributed by atoms with Gasteiger partial charge in [0, 0.05) is 12.6 Å². The molecule has 3 N–H and O–H groups in total. The number of phenols is 1. The van der Waals surface area contributed by atoms with Gasteiger partial charge in [0.25, 0.3) is 0 Å². The molecular weight excluding hydrogens is 240 g/mol. The average Bonchev–Trinajstić information content (AvgIpc) is 2.44. The highest BCUT2D eigenvalue weighted by molar-refractivity contribution is 5.43. The minimum Gasteiger partial charge on any atom is -0.504 e. The van der Waals surface area contributed by atoms with Crippen LogP contribution in [0.3, 0.4) is 0 Å². The van der Waals surface area contributed by atoms with Gasteiger partial charge in [-0.15, -0.1) is 0 Å². The number of ether oxygens (including phenoxy) is 1. The SMILES string of the molecule is CCOc1cc(C(CN)N2CCCCC2)ccc1O. The third-order valence-electron chi connectivity index (χ3n) is 3.72. The van der Waals surface area contributed by atoms with Gasteiger partial charge in [-0.1, -0.05) is 12.5 Å². The number of nitrogens with zero attached hydrogens (tertiary/aromatic N) is 1. The molecule has 1 heterocycles. The van der Waals surface area contributed by atoms with Crippen LogP contribution in [-0.2, 0) is 0 Å². The van der Waals surface area contributed by atoms with Crippen LogP contribution in [0.2, 0.25) is 0 Å². The molecule has 1 saturated heterocycles. The first-order valence-corrected chi connectivity index (χ1v) is 7.16. The first-order chi connectivity index (χ1) is 9.26. The van der Waals surface area contributed by atoms with Crippen LogP contribution in [-0.4, -0.2) is 36.2 Å². The molecule has 1 aliphatic rings. The minimum atomic E-state index is 0.194. The molecule has 1 fully saturated rings. The molecule has 106 valence electrons. The van der Waals surface area contributed by atoms with Gasteiger partial charge in [0.2, 0.25) is 0 Å². The summed E-state index contributed by atoms with van der Waals surface area (Å²) in [6, 6.07) is 5.79. The van der Waals surface area contributed by atoms with Crippen LogP contribution in [0.15, 0.2) is 18.2 Å². The number of hydrogen-bond donors (Lipinski definition) is 2. The van der Waals surface area contributed by atoms with Gasteiger partial charge >= 0.3 is 0 Å². The van der Waals surface area contributed by atoms with Gasteiger partial charge in [-0.2, -0.15) is 0 Å². The summed E-state index contributed by atoms with van der Waals surface area (Å²) >= 11 is 0. The Morgan fingerprint density at radius 2 is 2.05 bits per heavy atom. The van der Waals surface area contributed by atoms with Crippen molar-refractivity contribution >= 4 is 0 Å². The predicted octanol–water partition coefficient (Wildman–Crippen LogP) is 2.28. The van der Waals surface area contributed by atoms with Crippen LogP contribution in [0.5, 0.6) is 11.5 Å². The summed E-state index contributed by atoms with van der Waals surface area (Å²) in [5.74, 6) is 0.746. The van der Waals surface area contributed by atoms with E-state index in [1.54, 1.807) is 6.07 Å². The Kier molecular flexibility index (Phi) is 5.05. The van der Waals surface area contributed by atoms with Crippen molar-refractivity contribution in [3.63, 3.8) is 0 Å². The first-order valence-electron chi connectivity index (χ1n) is 7.16. The Balaban J connectivity index is 2.19. The van der Waals surface area contributed by atoms with Crippen molar-refractivity contribution in [1.82, 2.24) is 4.90 Å². The molecule has 1 unspecified atom stereocenters. The molecule has 2 rings (SSSR count). The maximum absolute atomic E-state index is 9.76. The van der Waals surface area contributed by atoms with E-state index in [1.165, 1.54) is 19.3 Å². The lowest BCUT2D eigenvalue weighted by Crippen LogP contribution is -2.37. The largest absolute Gasteiger partial charge is 0.504 e. The second-order valence-electron chi connectivity index (χ2n) is 5.01. The van der Waals surface area contributed by atoms with Crippen LogP contribution >= 0.6 is 0 Å². The van der Waals surface area contributed by atoms with Crippen molar-refractivity contribution in [2.45, 2.75) is 32.2 Å². The lowest BCUT2D eigenvalue weighted by molar-refractivity contribution is 0.167. The van der Waals surface area contributed by atoms with E-state index in [2.05, 4.69) is 4.90 Å². The molecular formula is C15H24N2O2. The molecule has 19 heavy (non-hydrogen) atoms. The summed E-state index contributed by atoms with van der Waals surface area (Å²) in [6.45, 7) is 5.26. The highest BCUT2D eigenvalue weighted by atomic mass is 16.5. The number of nitrogens with two attached hydrogens (primary N) is 1. The van der Waals surface area contributed by atoms with E-state index in [1.807, 2.05) is 19.1 Å². The molecule has 0 bridgehead atoms. The molecule has 0 spiro atoms. The van der Waals surface area contributed by atoms with Gasteiger partial charge in [0.1, 0.15) is 0 Å². The molecule has 0 aliphatic carbocycles. The third kappa shape index (κ3) is 3.39. The zero-order valence-corrected chi connectivity index (χ0v) is 11.6. The van der Waals surface area contributed by atoms with Crippen molar-refractivity contribution in [3.8, 4) is 11.5 Å². The van der Waals surface area contributed by atoms with Crippen LogP contribution in [0.4, 0.5) is 0 Å². The second kappa shape index (κ2) is 6.78. The van der Waals surface area contributed by atoms with Crippen molar-refractivity contribution in [1.29, 1.82) is 0 Å². The monoisotopic (exact) mass is 264 g/mol. The number of rotatable bonds is 5. The number of likely N-dealkylation sites (tertiary alicyclic amines) is 1. The lowest BCUT2D eigenvalue weighted by atomic mass is 10.0. The Hall–Kier alpha value is -1.26. The van der Waals surface area contributed by atoms with E-state index >= 15 is 0 Å². The number of piperidine rings is 1. The summed E-state index contributed by atoms with van der Waals surface area (Å²) in [7, 11) is 0. The summed E-state index contributed by atoms with van der Waals surface area (Å²) in [5, 5.41) is 9.76. The van der Waals surface area contributed by atoms with E-state index in [0.717, 1.165) is 18.7 Å². The fourth-order valence-corrected chi connectivity index (χ4v) is 2.74. The fourth-order valence-electron chi connectivity index (χ4n) is 2.74. The second-order valence-corrected chi connectivity index (χ2v) is 5.01. The van der Waals surface area contributed by atoms with Gasteiger partial charge in [-0.05, 0) is 50.6 Å². The highest BCUT2D eigenvalue weighted by Gasteiger charge is 2.21. The standard InChI is InChI=1S/C15H24N2O2/c1-2-19-15-10-12(6-7-14(15)18)13(11-16)17-8-4-3-5-9-17/h6-7,10,13,18H,2-5,8-9,11,16H2,1H3. The fraction of sp³-hybridized carbons (Fsp3) is 0.600. The maximum Gasteiger partial charge on any atom is 0.161 e. The molecule has 0 amide bonds. The Bertz CT molecular complexity index is 403. The molecule has 0 aromatic heterocycles. The topological polar surface area (TPSA) is 58.7 Å². The van der Waals surface area contributed by atoms with Crippen LogP contribution in [0.1, 0.15) is 37.8 Å². The van der Waals surface area contributed by atoms with Crippen molar-refractivity contribution in [2.24, 2.45) is 5.73 Å². The molecule has 0 radical (unpaired) electrons. The number of aromatic hydroxyl groups is 1. The minimum absolute atomic E-state index is 0.194. The third-order valence-corrected chi connectivity index (χ3v) is 3.72. The van der Waals surface area contributed by atoms with Gasteiger partial charge in [0.05, 0.1) is 6.61 Å². The van der Waals surface area contributed by atoms with E-state index in [-0.39, 0.29) is 11.8 Å². The molecule has 4 heteroatoms. The van der Waals surface area contributed by atoms with Gasteiger partial charge in [-0.25, -0.2) is 0 Å². The van der Waals surface area contributed by atoms with Gasteiger partial charge in [0.15, 0.2) is 11.5 Å². The predicted molar refractivity (Wildman–Crippen MR) is 76.5 cm³/mol. The molecule has 1 atom stereocenters. The van der Waals surface area contributed by atoms with E-state index in [0.29, 0.717) is 18.9 Å². The summed E-state index contributed by atoms with van der Waals surface area (Å²) < 4.78 is 5.45. The smallest absolute Gasteiger partial charge is 0.161 e. The zero-order chi connectivity index (χ0) is 13.7. The van der Waals surface area contributed by atoms with Gasteiger partial charge in [-0.3, -0.25) is 4.90 Å². The summed E-state index contributed by atoms with van der Waals surface area (Å²) in [6.07, 6.45) is 3.80. The van der Waals surface area contributed by atoms with Crippen LogP contribution < -0.4 is 10.5 Å². The molecule has 1 aliphatic heterocycles. The quantitative estimate of drug-likeness (QED) is 0.856. The summed E-state index contributed by atoms with van der Waals surface area (Å²) in [5.41, 5.74) is 7.08. The highest BCUT2D eigenvalue weighted by Crippen LogP contribution is 2.32. The Morgan fingerprint density at radius 3 is 2.68 bits per heavy atom. The number of benzene rings is 1. The molecule has 1 aromatic rings. The van der Waals surface area contributed by atoms with Gasteiger partial charge < -0.3 is 15.6 Å². The first kappa shape index (κ1) is 14.2. The normalized spacial score (nSPS) is 18.2. The Morgan fingerprint density at radius 1 is 1.32 bits per heavy atom. The molecule has 0 saturated carbocycles. The average molecular weight is 264 g/mol.